The molecular weight excluding hydrogens is 312 g/mol. The lowest BCUT2D eigenvalue weighted by atomic mass is 9.50. The molecule has 1 spiro atoms. The van der Waals surface area contributed by atoms with Crippen LogP contribution in [0.4, 0.5) is 5.82 Å². The maximum atomic E-state index is 11.4. The van der Waals surface area contributed by atoms with Crippen LogP contribution >= 0.6 is 0 Å². The Kier molecular flexibility index (Phi) is 3.20. The molecule has 0 radical (unpaired) electrons. The van der Waals surface area contributed by atoms with Crippen LogP contribution in [0, 0.1) is 11.3 Å². The zero-order valence-electron chi connectivity index (χ0n) is 13.5. The molecule has 0 aliphatic heterocycles. The molecule has 2 saturated carbocycles. The maximum absolute atomic E-state index is 11.4. The average molecular weight is 334 g/mol. The summed E-state index contributed by atoms with van der Waals surface area (Å²) >= 11 is 0. The molecule has 6 nitrogen and oxygen atoms in total. The molecule has 0 unspecified atom stereocenters. The number of sulfone groups is 1. The van der Waals surface area contributed by atoms with E-state index < -0.39 is 9.84 Å². The molecule has 2 aromatic rings. The standard InChI is InChI=1S/C16H22N4O2S/c1-20(15-13-3-4-17-14(13)18-10-19-15)12-7-16(8-12)5-11(6-16)9-23(2,21)22/h3-4,10-12H,5-9H2,1-2H3,(H,17,18,19). The summed E-state index contributed by atoms with van der Waals surface area (Å²) in [6, 6.07) is 2.50. The minimum absolute atomic E-state index is 0.352. The lowest BCUT2D eigenvalue weighted by Gasteiger charge is -2.59. The summed E-state index contributed by atoms with van der Waals surface area (Å²) in [7, 11) is -0.744. The van der Waals surface area contributed by atoms with Gasteiger partial charge in [-0.15, -0.1) is 0 Å². The molecular formula is C16H22N4O2S. The number of nitrogens with one attached hydrogen (secondary N) is 1. The Morgan fingerprint density at radius 3 is 2.74 bits per heavy atom. The highest BCUT2D eigenvalue weighted by Crippen LogP contribution is 2.60. The second kappa shape index (κ2) is 4.93. The predicted octanol–water partition coefficient (Wildman–Crippen LogP) is 2.00. The summed E-state index contributed by atoms with van der Waals surface area (Å²) in [6.07, 6.45) is 9.23. The summed E-state index contributed by atoms with van der Waals surface area (Å²) in [5.41, 5.74) is 1.26. The fourth-order valence-corrected chi connectivity index (χ4v) is 5.66. The summed E-state index contributed by atoms with van der Waals surface area (Å²) in [4.78, 5) is 14.1. The number of hydrogen-bond acceptors (Lipinski definition) is 5. The third kappa shape index (κ3) is 2.60. The van der Waals surface area contributed by atoms with Gasteiger partial charge in [0.15, 0.2) is 0 Å². The first kappa shape index (κ1) is 14.9. The second-order valence-electron chi connectivity index (χ2n) is 7.48. The first-order chi connectivity index (χ1) is 10.9. The van der Waals surface area contributed by atoms with Crippen molar-refractivity contribution < 1.29 is 8.42 Å². The van der Waals surface area contributed by atoms with Crippen LogP contribution < -0.4 is 4.90 Å². The molecule has 0 bridgehead atoms. The van der Waals surface area contributed by atoms with E-state index in [0.29, 0.717) is 23.1 Å². The monoisotopic (exact) mass is 334 g/mol. The van der Waals surface area contributed by atoms with E-state index in [9.17, 15) is 8.42 Å². The van der Waals surface area contributed by atoms with Crippen LogP contribution in [-0.4, -0.2) is 48.5 Å². The van der Waals surface area contributed by atoms with Gasteiger partial charge in [0.2, 0.25) is 0 Å². The van der Waals surface area contributed by atoms with Gasteiger partial charge in [-0.05, 0) is 43.1 Å². The first-order valence-electron chi connectivity index (χ1n) is 8.04. The van der Waals surface area contributed by atoms with E-state index >= 15 is 0 Å². The first-order valence-corrected chi connectivity index (χ1v) is 10.1. The molecule has 2 heterocycles. The van der Waals surface area contributed by atoms with Crippen LogP contribution in [0.3, 0.4) is 0 Å². The van der Waals surface area contributed by atoms with Gasteiger partial charge >= 0.3 is 0 Å². The number of aromatic amines is 1. The van der Waals surface area contributed by atoms with E-state index in [-0.39, 0.29) is 0 Å². The quantitative estimate of drug-likeness (QED) is 0.925. The Hall–Kier alpha value is -1.63. The highest BCUT2D eigenvalue weighted by Gasteiger charge is 2.54. The van der Waals surface area contributed by atoms with Gasteiger partial charge in [0.1, 0.15) is 27.6 Å². The van der Waals surface area contributed by atoms with Gasteiger partial charge in [-0.2, -0.15) is 0 Å². The fourth-order valence-electron chi connectivity index (χ4n) is 4.57. The number of fused-ring (bicyclic) bond motifs is 1. The molecule has 23 heavy (non-hydrogen) atoms. The molecule has 4 rings (SSSR count). The Bertz CT molecular complexity index is 831. The summed E-state index contributed by atoms with van der Waals surface area (Å²) in [6.45, 7) is 0. The number of hydrogen-bond donors (Lipinski definition) is 1. The topological polar surface area (TPSA) is 79.0 Å². The molecule has 124 valence electrons. The van der Waals surface area contributed by atoms with Gasteiger partial charge in [0.05, 0.1) is 11.1 Å². The van der Waals surface area contributed by atoms with Gasteiger partial charge in [0.25, 0.3) is 0 Å². The lowest BCUT2D eigenvalue weighted by Crippen LogP contribution is -2.56. The number of anilines is 1. The molecule has 0 atom stereocenters. The van der Waals surface area contributed by atoms with E-state index in [4.69, 9.17) is 0 Å². The van der Waals surface area contributed by atoms with Crippen LogP contribution in [0.15, 0.2) is 18.6 Å². The molecule has 2 aliphatic rings. The highest BCUT2D eigenvalue weighted by atomic mass is 32.2. The molecule has 0 aromatic carbocycles. The number of H-pyrrole nitrogens is 1. The van der Waals surface area contributed by atoms with Crippen molar-refractivity contribution in [3.63, 3.8) is 0 Å². The third-order valence-electron chi connectivity index (χ3n) is 5.53. The normalized spacial score (nSPS) is 30.2. The minimum atomic E-state index is -2.84. The fraction of sp³-hybridized carbons (Fsp3) is 0.625. The highest BCUT2D eigenvalue weighted by molar-refractivity contribution is 7.90. The van der Waals surface area contributed by atoms with Crippen molar-refractivity contribution in [2.45, 2.75) is 31.7 Å². The summed E-state index contributed by atoms with van der Waals surface area (Å²) in [5.74, 6) is 1.69. The number of rotatable bonds is 4. The van der Waals surface area contributed by atoms with Crippen molar-refractivity contribution in [1.82, 2.24) is 15.0 Å². The van der Waals surface area contributed by atoms with Crippen molar-refractivity contribution in [1.29, 1.82) is 0 Å². The Morgan fingerprint density at radius 2 is 2.04 bits per heavy atom. The van der Waals surface area contributed by atoms with Crippen LogP contribution in [-0.2, 0) is 9.84 Å². The van der Waals surface area contributed by atoms with Gasteiger partial charge in [-0.3, -0.25) is 0 Å². The average Bonchev–Trinajstić information content (AvgIpc) is 2.86. The van der Waals surface area contributed by atoms with Crippen molar-refractivity contribution in [3.05, 3.63) is 18.6 Å². The molecule has 7 heteroatoms. The van der Waals surface area contributed by atoms with Gasteiger partial charge < -0.3 is 9.88 Å². The van der Waals surface area contributed by atoms with E-state index in [1.54, 1.807) is 6.33 Å². The zero-order chi connectivity index (χ0) is 16.2. The third-order valence-corrected chi connectivity index (χ3v) is 6.61. The molecule has 2 fully saturated rings. The Morgan fingerprint density at radius 1 is 1.30 bits per heavy atom. The Balaban J connectivity index is 1.40. The smallest absolute Gasteiger partial charge is 0.147 e. The minimum Gasteiger partial charge on any atom is -0.356 e. The van der Waals surface area contributed by atoms with Gasteiger partial charge in [-0.25, -0.2) is 18.4 Å². The van der Waals surface area contributed by atoms with Crippen LogP contribution in [0.25, 0.3) is 11.0 Å². The zero-order valence-corrected chi connectivity index (χ0v) is 14.3. The summed E-state index contributed by atoms with van der Waals surface area (Å²) in [5, 5.41) is 1.06. The predicted molar refractivity (Wildman–Crippen MR) is 90.2 cm³/mol. The van der Waals surface area contributed by atoms with Crippen molar-refractivity contribution >= 4 is 26.7 Å². The van der Waals surface area contributed by atoms with Gasteiger partial charge in [0, 0.05) is 25.5 Å². The number of nitrogens with zero attached hydrogens (tertiary/aromatic N) is 3. The van der Waals surface area contributed by atoms with Gasteiger partial charge in [-0.1, -0.05) is 0 Å². The molecule has 2 aromatic heterocycles. The molecule has 2 aliphatic carbocycles. The van der Waals surface area contributed by atoms with Crippen LogP contribution in [0.2, 0.25) is 0 Å². The van der Waals surface area contributed by atoms with E-state index in [0.717, 1.165) is 42.5 Å². The number of aromatic nitrogens is 3. The molecule has 0 saturated heterocycles. The second-order valence-corrected chi connectivity index (χ2v) is 9.66. The summed E-state index contributed by atoms with van der Waals surface area (Å²) < 4.78 is 22.8. The van der Waals surface area contributed by atoms with E-state index in [2.05, 4.69) is 26.9 Å². The SMILES string of the molecule is CN(c1ncnc2[nH]ccc12)C1CC2(CC(CS(C)(=O)=O)C2)C1. The van der Waals surface area contributed by atoms with Crippen LogP contribution in [0.5, 0.6) is 0 Å². The molecule has 0 amide bonds. The van der Waals surface area contributed by atoms with Crippen molar-refractivity contribution in [3.8, 4) is 0 Å². The largest absolute Gasteiger partial charge is 0.356 e. The van der Waals surface area contributed by atoms with E-state index in [1.165, 1.54) is 6.26 Å². The maximum Gasteiger partial charge on any atom is 0.147 e. The lowest BCUT2D eigenvalue weighted by molar-refractivity contribution is -0.0312. The Labute approximate surface area is 136 Å². The van der Waals surface area contributed by atoms with Crippen molar-refractivity contribution in [2.75, 3.05) is 24.0 Å². The van der Waals surface area contributed by atoms with Crippen molar-refractivity contribution in [2.24, 2.45) is 11.3 Å². The molecule has 1 N–H and O–H groups in total. The van der Waals surface area contributed by atoms with Crippen LogP contribution in [0.1, 0.15) is 25.7 Å². The van der Waals surface area contributed by atoms with E-state index in [1.807, 2.05) is 12.3 Å².